The van der Waals surface area contributed by atoms with Crippen molar-refractivity contribution in [3.05, 3.63) is 48.5 Å². The van der Waals surface area contributed by atoms with Gasteiger partial charge in [-0.1, -0.05) is 18.2 Å². The number of nitrogens with one attached hydrogen (secondary N) is 1. The molecule has 1 heterocycles. The molecule has 0 saturated carbocycles. The van der Waals surface area contributed by atoms with Gasteiger partial charge in [-0.05, 0) is 30.3 Å². The number of benzene rings is 2. The summed E-state index contributed by atoms with van der Waals surface area (Å²) in [5, 5.41) is 10.8. The number of hydrogen-bond donors (Lipinski definition) is 1. The summed E-state index contributed by atoms with van der Waals surface area (Å²) < 4.78 is 0. The topological polar surface area (TPSA) is 44.8 Å². The van der Waals surface area contributed by atoms with E-state index in [1.165, 1.54) is 0 Å². The number of fused-ring (bicyclic) bond motifs is 1. The van der Waals surface area contributed by atoms with Gasteiger partial charge in [0.15, 0.2) is 0 Å². The molecule has 0 spiro atoms. The molecule has 84 valence electrons. The van der Waals surface area contributed by atoms with E-state index in [2.05, 4.69) is 32.4 Å². The van der Waals surface area contributed by atoms with Crippen LogP contribution in [0.1, 0.15) is 0 Å². The quantitative estimate of drug-likeness (QED) is 0.728. The molecule has 0 atom stereocenters. The van der Waals surface area contributed by atoms with E-state index in [0.29, 0.717) is 0 Å². The van der Waals surface area contributed by atoms with Crippen LogP contribution in [0.4, 0.5) is 11.4 Å². The van der Waals surface area contributed by atoms with Gasteiger partial charge in [0.25, 0.3) is 0 Å². The Morgan fingerprint density at radius 3 is 2.47 bits per heavy atom. The predicted octanol–water partition coefficient (Wildman–Crippen LogP) is 2.73. The van der Waals surface area contributed by atoms with Gasteiger partial charge in [-0.15, -0.1) is 0 Å². The number of hydrogen-bond acceptors (Lipinski definition) is 3. The van der Waals surface area contributed by atoms with E-state index in [4.69, 9.17) is 0 Å². The molecule has 4 heteroatoms. The third kappa shape index (κ3) is 1.73. The average molecular weight is 224 g/mol. The summed E-state index contributed by atoms with van der Waals surface area (Å²) in [6.45, 7) is 0. The third-order valence-corrected chi connectivity index (χ3v) is 2.83. The smallest absolute Gasteiger partial charge is 0.115 e. The minimum absolute atomic E-state index is 0.880. The molecule has 2 aromatic carbocycles. The minimum Gasteiger partial charge on any atom is -0.345 e. The summed E-state index contributed by atoms with van der Waals surface area (Å²) in [7, 11) is 2.04. The molecule has 3 aromatic rings. The number of aromatic nitrogens is 3. The van der Waals surface area contributed by atoms with Crippen LogP contribution >= 0.6 is 0 Å². The Morgan fingerprint density at radius 1 is 0.882 bits per heavy atom. The molecule has 0 aliphatic heterocycles. The van der Waals surface area contributed by atoms with Crippen molar-refractivity contribution < 1.29 is 0 Å². The summed E-state index contributed by atoms with van der Waals surface area (Å²) >= 11 is 0. The molecule has 0 bridgehead atoms. The van der Waals surface area contributed by atoms with E-state index in [9.17, 15) is 0 Å². The summed E-state index contributed by atoms with van der Waals surface area (Å²) in [5.41, 5.74) is 4.01. The highest BCUT2D eigenvalue weighted by Gasteiger charge is 2.05. The van der Waals surface area contributed by atoms with Crippen LogP contribution < -0.4 is 4.90 Å². The summed E-state index contributed by atoms with van der Waals surface area (Å²) in [4.78, 5) is 2.12. The maximum absolute atomic E-state index is 4.09. The Morgan fingerprint density at radius 2 is 1.65 bits per heavy atom. The van der Waals surface area contributed by atoms with Crippen LogP contribution in [0.2, 0.25) is 0 Å². The van der Waals surface area contributed by atoms with Crippen LogP contribution in [-0.4, -0.2) is 22.5 Å². The first kappa shape index (κ1) is 9.84. The second kappa shape index (κ2) is 3.90. The number of aromatic amines is 1. The molecule has 0 fully saturated rings. The monoisotopic (exact) mass is 224 g/mol. The van der Waals surface area contributed by atoms with Gasteiger partial charge >= 0.3 is 0 Å². The lowest BCUT2D eigenvalue weighted by Crippen LogP contribution is -2.08. The van der Waals surface area contributed by atoms with Crippen molar-refractivity contribution in [2.75, 3.05) is 11.9 Å². The first-order chi connectivity index (χ1) is 8.34. The van der Waals surface area contributed by atoms with Gasteiger partial charge in [0.1, 0.15) is 11.0 Å². The van der Waals surface area contributed by atoms with Crippen molar-refractivity contribution in [3.8, 4) is 0 Å². The third-order valence-electron chi connectivity index (χ3n) is 2.83. The Bertz CT molecular complexity index is 630. The van der Waals surface area contributed by atoms with Crippen LogP contribution in [0.25, 0.3) is 11.0 Å². The van der Waals surface area contributed by atoms with Gasteiger partial charge in [0.2, 0.25) is 0 Å². The average Bonchev–Trinajstić information content (AvgIpc) is 2.86. The zero-order valence-corrected chi connectivity index (χ0v) is 9.46. The van der Waals surface area contributed by atoms with Crippen molar-refractivity contribution in [1.29, 1.82) is 0 Å². The highest BCUT2D eigenvalue weighted by Crippen LogP contribution is 2.25. The Balaban J connectivity index is 2.03. The first-order valence-electron chi connectivity index (χ1n) is 5.44. The summed E-state index contributed by atoms with van der Waals surface area (Å²) in [5.74, 6) is 0. The number of anilines is 2. The maximum atomic E-state index is 4.09. The van der Waals surface area contributed by atoms with Crippen molar-refractivity contribution in [2.45, 2.75) is 0 Å². The fraction of sp³-hybridized carbons (Fsp3) is 0.0769. The van der Waals surface area contributed by atoms with Crippen molar-refractivity contribution >= 4 is 22.4 Å². The normalized spacial score (nSPS) is 10.6. The molecule has 0 saturated heterocycles. The lowest BCUT2D eigenvalue weighted by Gasteiger charge is -2.19. The summed E-state index contributed by atoms with van der Waals surface area (Å²) in [6.07, 6.45) is 0. The Hall–Kier alpha value is -2.36. The van der Waals surface area contributed by atoms with Crippen LogP contribution in [0.15, 0.2) is 48.5 Å². The lowest BCUT2D eigenvalue weighted by molar-refractivity contribution is 0.959. The fourth-order valence-electron chi connectivity index (χ4n) is 1.84. The molecule has 0 radical (unpaired) electrons. The highest BCUT2D eigenvalue weighted by molar-refractivity contribution is 5.80. The summed E-state index contributed by atoms with van der Waals surface area (Å²) in [6, 6.07) is 16.2. The van der Waals surface area contributed by atoms with Crippen LogP contribution in [0.3, 0.4) is 0 Å². The Labute approximate surface area is 98.9 Å². The van der Waals surface area contributed by atoms with E-state index in [-0.39, 0.29) is 0 Å². The highest BCUT2D eigenvalue weighted by atomic mass is 15.3. The lowest BCUT2D eigenvalue weighted by atomic mass is 10.2. The number of para-hydroxylation sites is 1. The zero-order valence-electron chi connectivity index (χ0n) is 9.46. The minimum atomic E-state index is 0.880. The fourth-order valence-corrected chi connectivity index (χ4v) is 1.84. The predicted molar refractivity (Wildman–Crippen MR) is 68.4 cm³/mol. The van der Waals surface area contributed by atoms with Gasteiger partial charge in [0, 0.05) is 18.4 Å². The molecular formula is C13H12N4. The van der Waals surface area contributed by atoms with Gasteiger partial charge < -0.3 is 4.90 Å². The van der Waals surface area contributed by atoms with Gasteiger partial charge in [-0.3, -0.25) is 0 Å². The van der Waals surface area contributed by atoms with E-state index in [1.54, 1.807) is 0 Å². The van der Waals surface area contributed by atoms with Crippen LogP contribution in [0, 0.1) is 0 Å². The molecule has 0 amide bonds. The van der Waals surface area contributed by atoms with Gasteiger partial charge in [-0.2, -0.15) is 15.4 Å². The molecule has 0 aliphatic carbocycles. The second-order valence-corrected chi connectivity index (χ2v) is 3.89. The first-order valence-corrected chi connectivity index (χ1v) is 5.44. The molecule has 4 nitrogen and oxygen atoms in total. The van der Waals surface area contributed by atoms with Crippen molar-refractivity contribution in [2.24, 2.45) is 0 Å². The molecule has 3 rings (SSSR count). The second-order valence-electron chi connectivity index (χ2n) is 3.89. The van der Waals surface area contributed by atoms with E-state index in [0.717, 1.165) is 22.4 Å². The van der Waals surface area contributed by atoms with E-state index < -0.39 is 0 Å². The van der Waals surface area contributed by atoms with Gasteiger partial charge in [-0.25, -0.2) is 0 Å². The molecule has 1 N–H and O–H groups in total. The largest absolute Gasteiger partial charge is 0.345 e. The molecule has 0 unspecified atom stereocenters. The molecule has 1 aromatic heterocycles. The molecule has 17 heavy (non-hydrogen) atoms. The van der Waals surface area contributed by atoms with E-state index in [1.807, 2.05) is 43.4 Å². The Kier molecular flexibility index (Phi) is 2.26. The number of rotatable bonds is 2. The van der Waals surface area contributed by atoms with E-state index >= 15 is 0 Å². The van der Waals surface area contributed by atoms with Crippen LogP contribution in [0.5, 0.6) is 0 Å². The molecular weight excluding hydrogens is 212 g/mol. The van der Waals surface area contributed by atoms with Gasteiger partial charge in [0.05, 0.1) is 0 Å². The van der Waals surface area contributed by atoms with Crippen LogP contribution in [-0.2, 0) is 0 Å². The van der Waals surface area contributed by atoms with Crippen molar-refractivity contribution in [1.82, 2.24) is 15.4 Å². The SMILES string of the molecule is CN(c1ccccc1)c1ccc2n[nH]nc2c1. The zero-order chi connectivity index (χ0) is 11.7. The number of H-pyrrole nitrogens is 1. The molecule has 0 aliphatic rings. The maximum Gasteiger partial charge on any atom is 0.115 e. The van der Waals surface area contributed by atoms with Crippen molar-refractivity contribution in [3.63, 3.8) is 0 Å². The number of nitrogens with zero attached hydrogens (tertiary/aromatic N) is 3. The standard InChI is InChI=1S/C13H12N4/c1-17(10-5-3-2-4-6-10)11-7-8-12-13(9-11)15-16-14-12/h2-9H,1H3,(H,14,15,16).